The predicted octanol–water partition coefficient (Wildman–Crippen LogP) is 5.02. The number of nitrogens with zero attached hydrogens (tertiary/aromatic N) is 1. The van der Waals surface area contributed by atoms with E-state index in [1.54, 1.807) is 24.3 Å². The quantitative estimate of drug-likeness (QED) is 0.368. The van der Waals surface area contributed by atoms with Crippen LogP contribution >= 0.6 is 0 Å². The van der Waals surface area contributed by atoms with Gasteiger partial charge in [-0.3, -0.25) is 0 Å². The van der Waals surface area contributed by atoms with Crippen molar-refractivity contribution in [3.05, 3.63) is 65.7 Å². The van der Waals surface area contributed by atoms with Crippen LogP contribution in [0.15, 0.2) is 59.5 Å². The Morgan fingerprint density at radius 2 is 1.59 bits per heavy atom. The molecule has 0 heterocycles. The Labute approximate surface area is 177 Å². The highest BCUT2D eigenvalue weighted by Gasteiger charge is 2.37. The SMILES string of the molecule is Cc1ccc(S(=O)(=O)N(C#Cc2ccccc2)CCO[Si](C)(C)C(C)(C)C)cc1. The van der Waals surface area contributed by atoms with Gasteiger partial charge in [0.1, 0.15) is 0 Å². The summed E-state index contributed by atoms with van der Waals surface area (Å²) in [7, 11) is -5.72. The average molecular weight is 430 g/mol. The van der Waals surface area contributed by atoms with E-state index < -0.39 is 18.3 Å². The Bertz CT molecular complexity index is 967. The third-order valence-electron chi connectivity index (χ3n) is 5.27. The summed E-state index contributed by atoms with van der Waals surface area (Å²) in [6.07, 6.45) is 0. The summed E-state index contributed by atoms with van der Waals surface area (Å²) in [5.74, 6) is 2.96. The lowest BCUT2D eigenvalue weighted by Gasteiger charge is -2.36. The van der Waals surface area contributed by atoms with Crippen LogP contribution < -0.4 is 0 Å². The van der Waals surface area contributed by atoms with Gasteiger partial charge >= 0.3 is 0 Å². The Kier molecular flexibility index (Phi) is 7.33. The molecule has 0 N–H and O–H groups in total. The highest BCUT2D eigenvalue weighted by molar-refractivity contribution is 7.89. The van der Waals surface area contributed by atoms with Crippen LogP contribution in [0.2, 0.25) is 18.1 Å². The molecule has 2 rings (SSSR count). The number of rotatable bonds is 6. The fourth-order valence-corrected chi connectivity index (χ4v) is 4.57. The van der Waals surface area contributed by atoms with Gasteiger partial charge in [-0.1, -0.05) is 56.7 Å². The molecule has 0 aliphatic heterocycles. The molecule has 0 amide bonds. The highest BCUT2D eigenvalue weighted by Crippen LogP contribution is 2.36. The number of sulfonamides is 1. The number of benzene rings is 2. The number of hydrogen-bond donors (Lipinski definition) is 0. The van der Waals surface area contributed by atoms with Crippen molar-refractivity contribution < 1.29 is 12.8 Å². The summed E-state index contributed by atoms with van der Waals surface area (Å²) < 4.78 is 33.8. The molecular formula is C23H31NO3SSi. The van der Waals surface area contributed by atoms with Gasteiger partial charge in [-0.15, -0.1) is 0 Å². The van der Waals surface area contributed by atoms with Crippen molar-refractivity contribution in [1.82, 2.24) is 4.31 Å². The maximum atomic E-state index is 13.2. The van der Waals surface area contributed by atoms with Crippen molar-refractivity contribution in [3.63, 3.8) is 0 Å². The maximum absolute atomic E-state index is 13.2. The van der Waals surface area contributed by atoms with E-state index in [9.17, 15) is 8.42 Å². The Hall–Kier alpha value is -2.07. The molecule has 6 heteroatoms. The van der Waals surface area contributed by atoms with Crippen LogP contribution in [0.5, 0.6) is 0 Å². The zero-order valence-electron chi connectivity index (χ0n) is 18.2. The first-order chi connectivity index (χ1) is 13.4. The molecule has 0 bridgehead atoms. The van der Waals surface area contributed by atoms with Gasteiger partial charge in [0, 0.05) is 11.6 Å². The van der Waals surface area contributed by atoms with E-state index in [1.165, 1.54) is 4.31 Å². The lowest BCUT2D eigenvalue weighted by molar-refractivity contribution is 0.272. The van der Waals surface area contributed by atoms with Gasteiger partial charge in [0.25, 0.3) is 10.0 Å². The fourth-order valence-electron chi connectivity index (χ4n) is 2.32. The number of aryl methyl sites for hydroxylation is 1. The monoisotopic (exact) mass is 429 g/mol. The molecule has 0 fully saturated rings. The van der Waals surface area contributed by atoms with Gasteiger partial charge < -0.3 is 4.43 Å². The first-order valence-electron chi connectivity index (χ1n) is 9.73. The van der Waals surface area contributed by atoms with E-state index in [0.717, 1.165) is 11.1 Å². The van der Waals surface area contributed by atoms with Gasteiger partial charge in [0.05, 0.1) is 18.0 Å². The van der Waals surface area contributed by atoms with E-state index in [1.807, 2.05) is 37.3 Å². The summed E-state index contributed by atoms with van der Waals surface area (Å²) in [5.41, 5.74) is 1.77. The zero-order chi connectivity index (χ0) is 21.7. The number of hydrogen-bond acceptors (Lipinski definition) is 3. The molecule has 29 heavy (non-hydrogen) atoms. The van der Waals surface area contributed by atoms with Crippen molar-refractivity contribution in [2.24, 2.45) is 0 Å². The third-order valence-corrected chi connectivity index (χ3v) is 11.5. The molecule has 2 aromatic rings. The lowest BCUT2D eigenvalue weighted by Crippen LogP contribution is -2.43. The molecule has 0 aromatic heterocycles. The van der Waals surface area contributed by atoms with Gasteiger partial charge in [-0.05, 0) is 55.2 Å². The summed E-state index contributed by atoms with van der Waals surface area (Å²) in [4.78, 5) is 0.234. The van der Waals surface area contributed by atoms with Gasteiger partial charge in [0.15, 0.2) is 8.32 Å². The van der Waals surface area contributed by atoms with Crippen LogP contribution in [0.4, 0.5) is 0 Å². The molecule has 0 aliphatic rings. The van der Waals surface area contributed by atoms with E-state index >= 15 is 0 Å². The standard InChI is InChI=1S/C23H31NO3SSi/c1-20-12-14-22(15-13-20)28(25,26)24(17-16-21-10-8-7-9-11-21)18-19-27-29(5,6)23(2,3)4/h7-15H,18-19H2,1-6H3. The Balaban J connectivity index is 2.29. The second-order valence-corrected chi connectivity index (χ2v) is 15.3. The van der Waals surface area contributed by atoms with Crippen LogP contribution in [0.3, 0.4) is 0 Å². The normalized spacial score (nSPS) is 12.2. The minimum atomic E-state index is -3.75. The first-order valence-corrected chi connectivity index (χ1v) is 14.1. The fraction of sp³-hybridized carbons (Fsp3) is 0.391. The van der Waals surface area contributed by atoms with Crippen LogP contribution in [0.25, 0.3) is 0 Å². The van der Waals surface area contributed by atoms with Crippen LogP contribution in [-0.2, 0) is 14.4 Å². The van der Waals surface area contributed by atoms with Gasteiger partial charge in [-0.25, -0.2) is 12.7 Å². The van der Waals surface area contributed by atoms with Crippen molar-refractivity contribution in [2.75, 3.05) is 13.2 Å². The molecule has 0 saturated carbocycles. The Morgan fingerprint density at radius 1 is 1.00 bits per heavy atom. The second kappa shape index (κ2) is 9.16. The van der Waals surface area contributed by atoms with Gasteiger partial charge in [0.2, 0.25) is 0 Å². The topological polar surface area (TPSA) is 46.6 Å². The van der Waals surface area contributed by atoms with E-state index in [2.05, 4.69) is 45.8 Å². The predicted molar refractivity (Wildman–Crippen MR) is 122 cm³/mol. The molecule has 0 saturated heterocycles. The molecule has 0 unspecified atom stereocenters. The molecule has 0 aliphatic carbocycles. The maximum Gasteiger partial charge on any atom is 0.271 e. The summed E-state index contributed by atoms with van der Waals surface area (Å²) in [6.45, 7) is 13.2. The van der Waals surface area contributed by atoms with Gasteiger partial charge in [-0.2, -0.15) is 0 Å². The molecule has 2 aromatic carbocycles. The molecule has 0 radical (unpaired) electrons. The molecule has 156 valence electrons. The van der Waals surface area contributed by atoms with Crippen molar-refractivity contribution >= 4 is 18.3 Å². The average Bonchev–Trinajstić information content (AvgIpc) is 2.64. The van der Waals surface area contributed by atoms with Crippen LogP contribution in [-0.4, -0.2) is 34.2 Å². The van der Waals surface area contributed by atoms with E-state index in [4.69, 9.17) is 4.43 Å². The molecular weight excluding hydrogens is 398 g/mol. The van der Waals surface area contributed by atoms with E-state index in [-0.39, 0.29) is 16.5 Å². The van der Waals surface area contributed by atoms with E-state index in [0.29, 0.717) is 6.61 Å². The largest absolute Gasteiger partial charge is 0.415 e. The third kappa shape index (κ3) is 6.20. The minimum absolute atomic E-state index is 0.0589. The van der Waals surface area contributed by atoms with Crippen LogP contribution in [0.1, 0.15) is 31.9 Å². The van der Waals surface area contributed by atoms with Crippen LogP contribution in [0, 0.1) is 18.9 Å². The van der Waals surface area contributed by atoms with Crippen molar-refractivity contribution in [1.29, 1.82) is 0 Å². The van der Waals surface area contributed by atoms with Crippen molar-refractivity contribution in [2.45, 2.75) is 50.7 Å². The molecule has 4 nitrogen and oxygen atoms in total. The minimum Gasteiger partial charge on any atom is -0.415 e. The molecule has 0 spiro atoms. The lowest BCUT2D eigenvalue weighted by atomic mass is 10.2. The zero-order valence-corrected chi connectivity index (χ0v) is 20.0. The molecule has 0 atom stereocenters. The van der Waals surface area contributed by atoms with Crippen molar-refractivity contribution in [3.8, 4) is 12.0 Å². The summed E-state index contributed by atoms with van der Waals surface area (Å²) in [6, 6.07) is 19.0. The smallest absolute Gasteiger partial charge is 0.271 e. The second-order valence-electron chi connectivity index (χ2n) is 8.60. The summed E-state index contributed by atoms with van der Waals surface area (Å²) >= 11 is 0. The highest BCUT2D eigenvalue weighted by atomic mass is 32.2. The summed E-state index contributed by atoms with van der Waals surface area (Å²) in [5, 5.41) is 0.0589. The Morgan fingerprint density at radius 3 is 2.14 bits per heavy atom. The first kappa shape index (κ1) is 23.2.